The van der Waals surface area contributed by atoms with Gasteiger partial charge in [0.05, 0.1) is 0 Å². The minimum absolute atomic E-state index is 0.405. The zero-order valence-electron chi connectivity index (χ0n) is 15.7. The number of carboxylic acid groups (broad SMARTS) is 1. The summed E-state index contributed by atoms with van der Waals surface area (Å²) in [5, 5.41) is 19.4. The standard InChI is InChI=1S/C26H20O2/c1-16(26(27)28)6-2-7-19-15-14-18-10-4-12-21-20-11-3-8-17-9-5-13-22(23(17)20)25(19)24(18)21/h3-6,8-15H,2,7H2,1H3,(H,27,28). The number of rotatable bonds is 4. The summed E-state index contributed by atoms with van der Waals surface area (Å²) in [7, 11) is 0. The molecule has 0 heterocycles. The Balaban J connectivity index is 1.84. The summed E-state index contributed by atoms with van der Waals surface area (Å²) in [5.74, 6) is -0.846. The number of hydrogen-bond acceptors (Lipinski definition) is 1. The van der Waals surface area contributed by atoms with E-state index >= 15 is 0 Å². The topological polar surface area (TPSA) is 37.3 Å². The van der Waals surface area contributed by atoms with Crippen LogP contribution in [0, 0.1) is 0 Å². The van der Waals surface area contributed by atoms with Crippen LogP contribution >= 0.6 is 0 Å². The number of allylic oxidation sites excluding steroid dienone is 1. The number of hydrogen-bond donors (Lipinski definition) is 1. The van der Waals surface area contributed by atoms with Gasteiger partial charge < -0.3 is 5.11 Å². The van der Waals surface area contributed by atoms with Gasteiger partial charge in [-0.15, -0.1) is 0 Å². The lowest BCUT2D eigenvalue weighted by atomic mass is 9.87. The zero-order chi connectivity index (χ0) is 19.3. The van der Waals surface area contributed by atoms with E-state index in [0.717, 1.165) is 12.8 Å². The van der Waals surface area contributed by atoms with Crippen molar-refractivity contribution >= 4 is 49.1 Å². The largest absolute Gasteiger partial charge is 0.478 e. The summed E-state index contributed by atoms with van der Waals surface area (Å²) in [6, 6.07) is 24.0. The van der Waals surface area contributed by atoms with Gasteiger partial charge in [-0.05, 0) is 68.4 Å². The fourth-order valence-corrected chi connectivity index (χ4v) is 4.47. The van der Waals surface area contributed by atoms with Gasteiger partial charge in [0.2, 0.25) is 0 Å². The first kappa shape index (κ1) is 16.8. The van der Waals surface area contributed by atoms with Crippen molar-refractivity contribution in [2.75, 3.05) is 0 Å². The van der Waals surface area contributed by atoms with E-state index in [1.807, 2.05) is 6.08 Å². The third-order valence-corrected chi connectivity index (χ3v) is 5.80. The summed E-state index contributed by atoms with van der Waals surface area (Å²) in [5.41, 5.74) is 1.68. The van der Waals surface area contributed by atoms with Crippen molar-refractivity contribution in [3.63, 3.8) is 0 Å². The molecule has 0 aliphatic carbocycles. The second kappa shape index (κ2) is 6.35. The number of fused-ring (bicyclic) bond motifs is 2. The van der Waals surface area contributed by atoms with Gasteiger partial charge in [-0.1, -0.05) is 72.8 Å². The van der Waals surface area contributed by atoms with Gasteiger partial charge in [0.1, 0.15) is 0 Å². The van der Waals surface area contributed by atoms with E-state index in [1.54, 1.807) is 6.92 Å². The van der Waals surface area contributed by atoms with Gasteiger partial charge in [-0.2, -0.15) is 0 Å². The lowest BCUT2D eigenvalue weighted by molar-refractivity contribution is -0.132. The van der Waals surface area contributed by atoms with Crippen LogP contribution < -0.4 is 0 Å². The highest BCUT2D eigenvalue weighted by Crippen LogP contribution is 2.41. The van der Waals surface area contributed by atoms with E-state index < -0.39 is 5.97 Å². The van der Waals surface area contributed by atoms with Gasteiger partial charge in [-0.3, -0.25) is 0 Å². The van der Waals surface area contributed by atoms with Gasteiger partial charge in [0.15, 0.2) is 0 Å². The second-order valence-corrected chi connectivity index (χ2v) is 7.44. The summed E-state index contributed by atoms with van der Waals surface area (Å²) >= 11 is 0. The van der Waals surface area contributed by atoms with Crippen LogP contribution in [-0.4, -0.2) is 11.1 Å². The summed E-state index contributed by atoms with van der Waals surface area (Å²) in [6.45, 7) is 1.65. The van der Waals surface area contributed by atoms with Crippen LogP contribution in [0.1, 0.15) is 18.9 Å². The summed E-state index contributed by atoms with van der Waals surface area (Å²) in [4.78, 5) is 11.1. The molecular weight excluding hydrogens is 344 g/mol. The second-order valence-electron chi connectivity index (χ2n) is 7.44. The number of aryl methyl sites for hydroxylation is 1. The lowest BCUT2D eigenvalue weighted by Gasteiger charge is -2.17. The van der Waals surface area contributed by atoms with Crippen molar-refractivity contribution in [3.05, 3.63) is 83.9 Å². The van der Waals surface area contributed by atoms with Crippen LogP contribution in [0.4, 0.5) is 0 Å². The maximum Gasteiger partial charge on any atom is 0.330 e. The Kier molecular flexibility index (Phi) is 3.80. The minimum atomic E-state index is -0.846. The molecule has 2 nitrogen and oxygen atoms in total. The molecule has 0 spiro atoms. The predicted molar refractivity (Wildman–Crippen MR) is 117 cm³/mol. The fraction of sp³-hybridized carbons (Fsp3) is 0.115. The molecule has 0 amide bonds. The van der Waals surface area contributed by atoms with Crippen molar-refractivity contribution < 1.29 is 9.90 Å². The van der Waals surface area contributed by atoms with Crippen molar-refractivity contribution in [3.8, 4) is 0 Å². The monoisotopic (exact) mass is 364 g/mol. The molecule has 2 heteroatoms. The highest BCUT2D eigenvalue weighted by Gasteiger charge is 2.14. The average Bonchev–Trinajstić information content (AvgIpc) is 2.72. The maximum absolute atomic E-state index is 11.1. The molecular formula is C26H20O2. The quantitative estimate of drug-likeness (QED) is 0.219. The number of carbonyl (C=O) groups is 1. The van der Waals surface area contributed by atoms with Crippen molar-refractivity contribution in [2.45, 2.75) is 19.8 Å². The lowest BCUT2D eigenvalue weighted by Crippen LogP contribution is -1.96. The van der Waals surface area contributed by atoms with E-state index in [2.05, 4.69) is 66.7 Å². The van der Waals surface area contributed by atoms with E-state index in [-0.39, 0.29) is 0 Å². The Bertz CT molecular complexity index is 1390. The first-order valence-electron chi connectivity index (χ1n) is 9.62. The summed E-state index contributed by atoms with van der Waals surface area (Å²) < 4.78 is 0. The molecule has 1 N–H and O–H groups in total. The first-order chi connectivity index (χ1) is 13.6. The normalized spacial score (nSPS) is 12.5. The molecule has 0 saturated heterocycles. The highest BCUT2D eigenvalue weighted by molar-refractivity contribution is 6.33. The van der Waals surface area contributed by atoms with E-state index in [0.29, 0.717) is 5.57 Å². The van der Waals surface area contributed by atoms with Crippen molar-refractivity contribution in [1.82, 2.24) is 0 Å². The van der Waals surface area contributed by atoms with E-state index in [4.69, 9.17) is 5.11 Å². The van der Waals surface area contributed by atoms with E-state index in [9.17, 15) is 4.79 Å². The molecule has 0 saturated carbocycles. The van der Waals surface area contributed by atoms with Gasteiger partial charge >= 0.3 is 5.97 Å². The van der Waals surface area contributed by atoms with Crippen molar-refractivity contribution in [2.24, 2.45) is 0 Å². The zero-order valence-corrected chi connectivity index (χ0v) is 15.7. The molecule has 0 radical (unpaired) electrons. The first-order valence-corrected chi connectivity index (χ1v) is 9.62. The molecule has 0 atom stereocenters. The molecule has 136 valence electrons. The molecule has 28 heavy (non-hydrogen) atoms. The van der Waals surface area contributed by atoms with Crippen LogP contribution in [0.3, 0.4) is 0 Å². The SMILES string of the molecule is CC(=CCCc1ccc2cccc3c4cccc5cccc(c1c23)c54)C(=O)O. The van der Waals surface area contributed by atoms with Crippen LogP contribution in [0.15, 0.2) is 78.4 Å². The van der Waals surface area contributed by atoms with Crippen LogP contribution in [-0.2, 0) is 11.2 Å². The van der Waals surface area contributed by atoms with Crippen molar-refractivity contribution in [1.29, 1.82) is 0 Å². The van der Waals surface area contributed by atoms with Gasteiger partial charge in [0, 0.05) is 5.57 Å². The van der Waals surface area contributed by atoms with Gasteiger partial charge in [0.25, 0.3) is 0 Å². The van der Waals surface area contributed by atoms with Crippen LogP contribution in [0.5, 0.6) is 0 Å². The third-order valence-electron chi connectivity index (χ3n) is 5.80. The number of carboxylic acids is 1. The molecule has 5 aromatic rings. The summed E-state index contributed by atoms with van der Waals surface area (Å²) in [6.07, 6.45) is 3.36. The Morgan fingerprint density at radius 2 is 1.39 bits per heavy atom. The Hall–Kier alpha value is -3.39. The fourth-order valence-electron chi connectivity index (χ4n) is 4.47. The van der Waals surface area contributed by atoms with Gasteiger partial charge in [-0.25, -0.2) is 4.79 Å². The molecule has 0 bridgehead atoms. The van der Waals surface area contributed by atoms with Crippen LogP contribution in [0.25, 0.3) is 43.1 Å². The molecule has 0 unspecified atom stereocenters. The molecule has 0 aliphatic heterocycles. The Morgan fingerprint density at radius 3 is 2.07 bits per heavy atom. The maximum atomic E-state index is 11.1. The van der Waals surface area contributed by atoms with Crippen LogP contribution in [0.2, 0.25) is 0 Å². The minimum Gasteiger partial charge on any atom is -0.478 e. The molecule has 0 aromatic heterocycles. The molecule has 5 rings (SSSR count). The van der Waals surface area contributed by atoms with E-state index in [1.165, 1.54) is 48.7 Å². The molecule has 0 aliphatic rings. The average molecular weight is 364 g/mol. The smallest absolute Gasteiger partial charge is 0.330 e. The molecule has 0 fully saturated rings. The molecule has 5 aromatic carbocycles. The Labute approximate surface area is 163 Å². The predicted octanol–water partition coefficient (Wildman–Crippen LogP) is 6.70. The number of aliphatic carboxylic acids is 1. The number of benzene rings is 5. The Morgan fingerprint density at radius 1 is 0.786 bits per heavy atom. The highest BCUT2D eigenvalue weighted by atomic mass is 16.4. The third kappa shape index (κ3) is 2.45.